The zero-order valence-corrected chi connectivity index (χ0v) is 7.52. The van der Waals surface area contributed by atoms with E-state index in [2.05, 4.69) is 7.05 Å². The van der Waals surface area contributed by atoms with Crippen LogP contribution in [0.4, 0.5) is 0 Å². The molecule has 1 N–H and O–H groups in total. The molecule has 3 nitrogen and oxygen atoms in total. The molecule has 4 heteroatoms. The highest BCUT2D eigenvalue weighted by molar-refractivity contribution is 6.27. The Morgan fingerprint density at radius 3 is 2.55 bits per heavy atom. The molecule has 1 saturated heterocycles. The van der Waals surface area contributed by atoms with Crippen LogP contribution in [0.15, 0.2) is 0 Å². The topological polar surface area (TPSA) is 24.8 Å². The first-order chi connectivity index (χ1) is 5.24. The molecule has 64 valence electrons. The van der Waals surface area contributed by atoms with Crippen molar-refractivity contribution in [1.82, 2.24) is 4.90 Å². The summed E-state index contributed by atoms with van der Waals surface area (Å²) < 4.78 is 0. The first-order valence-corrected chi connectivity index (χ1v) is 4.42. The quantitative estimate of drug-likeness (QED) is 0.489. The van der Waals surface area contributed by atoms with E-state index in [0.717, 1.165) is 26.2 Å². The van der Waals surface area contributed by atoms with Gasteiger partial charge in [-0.25, -0.2) is 0 Å². The fourth-order valence-electron chi connectivity index (χ4n) is 1.22. The zero-order valence-electron chi connectivity index (χ0n) is 6.77. The molecule has 0 aromatic carbocycles. The summed E-state index contributed by atoms with van der Waals surface area (Å²) in [6.45, 7) is 3.81. The van der Waals surface area contributed by atoms with Gasteiger partial charge in [-0.2, -0.15) is 0 Å². The Hall–Kier alpha value is -0.280. The summed E-state index contributed by atoms with van der Waals surface area (Å²) in [5.74, 6) is 0.193. The van der Waals surface area contributed by atoms with E-state index in [1.165, 1.54) is 4.90 Å². The fourth-order valence-corrected chi connectivity index (χ4v) is 1.39. The van der Waals surface area contributed by atoms with E-state index in [4.69, 9.17) is 11.6 Å². The maximum absolute atomic E-state index is 11.1. The van der Waals surface area contributed by atoms with E-state index < -0.39 is 0 Å². The Kier molecular flexibility index (Phi) is 3.15. The maximum Gasteiger partial charge on any atom is 0.237 e. The minimum atomic E-state index is 0.0687. The number of amides is 1. The highest BCUT2D eigenvalue weighted by atomic mass is 35.5. The lowest BCUT2D eigenvalue weighted by molar-refractivity contribution is -0.883. The van der Waals surface area contributed by atoms with Gasteiger partial charge in [0.05, 0.1) is 33.2 Å². The van der Waals surface area contributed by atoms with Gasteiger partial charge >= 0.3 is 0 Å². The van der Waals surface area contributed by atoms with Crippen molar-refractivity contribution in [2.75, 3.05) is 39.1 Å². The molecule has 0 aromatic heterocycles. The molecule has 0 bridgehead atoms. The third-order valence-electron chi connectivity index (χ3n) is 2.08. The summed E-state index contributed by atoms with van der Waals surface area (Å²) in [6.07, 6.45) is 0. The number of piperazine rings is 1. The van der Waals surface area contributed by atoms with Gasteiger partial charge in [0.25, 0.3) is 0 Å². The molecule has 0 aliphatic carbocycles. The molecule has 1 aliphatic rings. The summed E-state index contributed by atoms with van der Waals surface area (Å²) in [5, 5.41) is 0. The number of nitrogens with zero attached hydrogens (tertiary/aromatic N) is 1. The van der Waals surface area contributed by atoms with Gasteiger partial charge in [-0.3, -0.25) is 4.79 Å². The van der Waals surface area contributed by atoms with E-state index >= 15 is 0 Å². The Labute approximate surface area is 71.9 Å². The van der Waals surface area contributed by atoms with Crippen LogP contribution in [0.2, 0.25) is 0 Å². The van der Waals surface area contributed by atoms with Crippen LogP contribution in [-0.4, -0.2) is 49.9 Å². The smallest absolute Gasteiger partial charge is 0.237 e. The number of quaternary nitrogens is 1. The lowest BCUT2D eigenvalue weighted by Gasteiger charge is -2.29. The van der Waals surface area contributed by atoms with E-state index in [0.29, 0.717) is 0 Å². The van der Waals surface area contributed by atoms with Crippen molar-refractivity contribution < 1.29 is 9.69 Å². The molecule has 1 amide bonds. The molecule has 1 heterocycles. The third-order valence-corrected chi connectivity index (χ3v) is 2.31. The molecule has 0 radical (unpaired) electrons. The van der Waals surface area contributed by atoms with Crippen LogP contribution in [0, 0.1) is 0 Å². The molecule has 0 aromatic rings. The van der Waals surface area contributed by atoms with E-state index in [-0.39, 0.29) is 11.8 Å². The summed E-state index contributed by atoms with van der Waals surface area (Å²) in [6, 6.07) is 0. The molecule has 0 unspecified atom stereocenters. The average Bonchev–Trinajstić information content (AvgIpc) is 2.05. The number of rotatable bonds is 1. The number of carbonyl (C=O) groups is 1. The Morgan fingerprint density at radius 2 is 2.09 bits per heavy atom. The molecule has 1 aliphatic heterocycles. The van der Waals surface area contributed by atoms with Gasteiger partial charge in [-0.1, -0.05) is 0 Å². The third kappa shape index (κ3) is 2.34. The number of carbonyl (C=O) groups excluding carboxylic acids is 1. The van der Waals surface area contributed by atoms with Gasteiger partial charge in [-0.05, 0) is 0 Å². The van der Waals surface area contributed by atoms with Crippen molar-refractivity contribution in [3.8, 4) is 0 Å². The number of hydrogen-bond donors (Lipinski definition) is 1. The van der Waals surface area contributed by atoms with E-state index in [9.17, 15) is 4.79 Å². The minimum Gasteiger partial charge on any atom is -0.334 e. The van der Waals surface area contributed by atoms with Crippen molar-refractivity contribution in [1.29, 1.82) is 0 Å². The summed E-state index contributed by atoms with van der Waals surface area (Å²) in [7, 11) is 2.14. The molecule has 0 saturated carbocycles. The van der Waals surface area contributed by atoms with Crippen LogP contribution in [0.25, 0.3) is 0 Å². The summed E-state index contributed by atoms with van der Waals surface area (Å²) in [5.41, 5.74) is 0. The number of hydrogen-bond acceptors (Lipinski definition) is 1. The van der Waals surface area contributed by atoms with E-state index in [1.54, 1.807) is 0 Å². The monoisotopic (exact) mass is 177 g/mol. The van der Waals surface area contributed by atoms with E-state index in [1.807, 2.05) is 4.90 Å². The maximum atomic E-state index is 11.1. The van der Waals surface area contributed by atoms with Crippen LogP contribution in [0.3, 0.4) is 0 Å². The van der Waals surface area contributed by atoms with Crippen LogP contribution in [-0.2, 0) is 4.79 Å². The highest BCUT2D eigenvalue weighted by Gasteiger charge is 2.19. The second kappa shape index (κ2) is 3.93. The molecular weight excluding hydrogens is 164 g/mol. The average molecular weight is 178 g/mol. The van der Waals surface area contributed by atoms with Crippen LogP contribution in [0.5, 0.6) is 0 Å². The normalized spacial score (nSPS) is 20.4. The van der Waals surface area contributed by atoms with Crippen LogP contribution < -0.4 is 4.90 Å². The van der Waals surface area contributed by atoms with Crippen LogP contribution in [0.1, 0.15) is 0 Å². The first kappa shape index (κ1) is 8.81. The highest BCUT2D eigenvalue weighted by Crippen LogP contribution is 1.92. The lowest BCUT2D eigenvalue weighted by Crippen LogP contribution is -3.12. The molecule has 11 heavy (non-hydrogen) atoms. The molecule has 0 atom stereocenters. The second-order valence-corrected chi connectivity index (χ2v) is 3.24. The number of halogens is 1. The second-order valence-electron chi connectivity index (χ2n) is 2.97. The summed E-state index contributed by atoms with van der Waals surface area (Å²) in [4.78, 5) is 14.4. The number of likely N-dealkylation sites (N-methyl/N-ethyl adjacent to an activating group) is 1. The fraction of sp³-hybridized carbons (Fsp3) is 0.857. The molecule has 1 fully saturated rings. The Bertz CT molecular complexity index is 143. The van der Waals surface area contributed by atoms with Crippen molar-refractivity contribution in [2.45, 2.75) is 0 Å². The van der Waals surface area contributed by atoms with Crippen molar-refractivity contribution in [3.63, 3.8) is 0 Å². The van der Waals surface area contributed by atoms with Gasteiger partial charge in [0.15, 0.2) is 0 Å². The zero-order chi connectivity index (χ0) is 8.27. The molecule has 0 spiro atoms. The van der Waals surface area contributed by atoms with Crippen molar-refractivity contribution in [2.24, 2.45) is 0 Å². The minimum absolute atomic E-state index is 0.0687. The largest absolute Gasteiger partial charge is 0.334 e. The van der Waals surface area contributed by atoms with Crippen molar-refractivity contribution >= 4 is 17.5 Å². The first-order valence-electron chi connectivity index (χ1n) is 3.89. The predicted molar refractivity (Wildman–Crippen MR) is 43.9 cm³/mol. The predicted octanol–water partition coefficient (Wildman–Crippen LogP) is -1.42. The SMILES string of the molecule is C[NH+]1CCN(C(=O)CCl)CC1. The summed E-state index contributed by atoms with van der Waals surface area (Å²) >= 11 is 5.42. The van der Waals surface area contributed by atoms with Gasteiger partial charge in [0, 0.05) is 0 Å². The Morgan fingerprint density at radius 1 is 1.55 bits per heavy atom. The Balaban J connectivity index is 2.33. The van der Waals surface area contributed by atoms with Gasteiger partial charge in [0.2, 0.25) is 5.91 Å². The van der Waals surface area contributed by atoms with Crippen molar-refractivity contribution in [3.05, 3.63) is 0 Å². The van der Waals surface area contributed by atoms with Crippen LogP contribution >= 0.6 is 11.6 Å². The van der Waals surface area contributed by atoms with Gasteiger partial charge < -0.3 is 9.80 Å². The van der Waals surface area contributed by atoms with Gasteiger partial charge in [-0.15, -0.1) is 11.6 Å². The molecular formula is C7H14ClN2O+. The molecule has 1 rings (SSSR count). The van der Waals surface area contributed by atoms with Gasteiger partial charge in [0.1, 0.15) is 5.88 Å². The lowest BCUT2D eigenvalue weighted by atomic mass is 10.3. The standard InChI is InChI=1S/C7H13ClN2O/c1-9-2-4-10(5-3-9)7(11)6-8/h2-6H2,1H3/p+1. The number of nitrogens with one attached hydrogen (secondary N) is 1. The number of alkyl halides is 1.